The summed E-state index contributed by atoms with van der Waals surface area (Å²) in [5.74, 6) is -2.29. The fraction of sp³-hybridized carbons (Fsp3) is 0.300. The maximum absolute atomic E-state index is 13.4. The summed E-state index contributed by atoms with van der Waals surface area (Å²) in [4.78, 5) is 52.6. The number of carbonyl (C=O) groups excluding carboxylic acids is 4. The van der Waals surface area contributed by atoms with E-state index in [1.165, 1.54) is 0 Å². The summed E-state index contributed by atoms with van der Waals surface area (Å²) in [6, 6.07) is 32.1. The maximum Gasteiger partial charge on any atom is 0.407 e. The third-order valence-electron chi connectivity index (χ3n) is 8.30. The van der Waals surface area contributed by atoms with Gasteiger partial charge in [0.15, 0.2) is 0 Å². The lowest BCUT2D eigenvalue weighted by Gasteiger charge is -2.25. The summed E-state index contributed by atoms with van der Waals surface area (Å²) < 4.78 is 11.2. The molecule has 0 aromatic heterocycles. The van der Waals surface area contributed by atoms with E-state index in [1.807, 2.05) is 109 Å². The Hall–Kier alpha value is -5.48. The van der Waals surface area contributed by atoms with Gasteiger partial charge in [-0.2, -0.15) is 0 Å². The lowest BCUT2D eigenvalue weighted by atomic mass is 9.98. The van der Waals surface area contributed by atoms with Gasteiger partial charge in [0.1, 0.15) is 30.4 Å². The van der Waals surface area contributed by atoms with E-state index in [0.717, 1.165) is 33.4 Å². The lowest BCUT2D eigenvalue weighted by Crippen LogP contribution is -2.53. The predicted octanol–water partition coefficient (Wildman–Crippen LogP) is 4.68. The largest absolute Gasteiger partial charge is 0.458 e. The highest BCUT2D eigenvalue weighted by atomic mass is 16.6. The molecule has 1 aliphatic rings. The number of alkyl carbamates (subject to hydrolysis) is 1. The van der Waals surface area contributed by atoms with Crippen molar-refractivity contribution in [2.75, 3.05) is 13.2 Å². The Balaban J connectivity index is 1.21. The number of aliphatic hydroxyl groups excluding tert-OH is 1. The van der Waals surface area contributed by atoms with Crippen molar-refractivity contribution >= 4 is 23.9 Å². The topological polar surface area (TPSA) is 143 Å². The number of nitrogens with one attached hydrogen (secondary N) is 3. The van der Waals surface area contributed by atoms with Crippen LogP contribution in [0.1, 0.15) is 48.9 Å². The summed E-state index contributed by atoms with van der Waals surface area (Å²) in [7, 11) is 0. The number of hydrogen-bond donors (Lipinski definition) is 4. The molecule has 0 spiro atoms. The van der Waals surface area contributed by atoms with E-state index in [0.29, 0.717) is 0 Å². The number of benzene rings is 4. The Morgan fingerprint density at radius 2 is 1.18 bits per heavy atom. The van der Waals surface area contributed by atoms with Crippen LogP contribution in [0.25, 0.3) is 11.1 Å². The summed E-state index contributed by atoms with van der Waals surface area (Å²) in [6.45, 7) is 4.77. The number of ether oxygens (including phenoxy) is 2. The highest BCUT2D eigenvalue weighted by Crippen LogP contribution is 2.44. The van der Waals surface area contributed by atoms with Crippen LogP contribution in [0.2, 0.25) is 0 Å². The van der Waals surface area contributed by atoms with Gasteiger partial charge in [-0.1, -0.05) is 109 Å². The molecule has 4 aromatic carbocycles. The monoisotopic (exact) mass is 677 g/mol. The fourth-order valence-corrected chi connectivity index (χ4v) is 5.94. The van der Waals surface area contributed by atoms with Crippen LogP contribution in [0.5, 0.6) is 0 Å². The molecule has 4 aromatic rings. The van der Waals surface area contributed by atoms with Crippen LogP contribution < -0.4 is 16.0 Å². The molecule has 0 unspecified atom stereocenters. The molecule has 0 saturated carbocycles. The molecular weight excluding hydrogens is 634 g/mol. The molecule has 0 saturated heterocycles. The highest BCUT2D eigenvalue weighted by molar-refractivity contribution is 5.89. The zero-order chi connectivity index (χ0) is 35.7. The van der Waals surface area contributed by atoms with E-state index < -0.39 is 54.2 Å². The Morgan fingerprint density at radius 1 is 0.680 bits per heavy atom. The molecule has 260 valence electrons. The molecule has 1 aliphatic carbocycles. The maximum atomic E-state index is 13.4. The van der Waals surface area contributed by atoms with Crippen molar-refractivity contribution in [2.24, 2.45) is 0 Å². The number of hydrogen-bond acceptors (Lipinski definition) is 7. The number of carbonyl (C=O) groups is 4. The zero-order valence-corrected chi connectivity index (χ0v) is 28.4. The number of fused-ring (bicyclic) bond motifs is 3. The van der Waals surface area contributed by atoms with Gasteiger partial charge in [-0.3, -0.25) is 9.59 Å². The lowest BCUT2D eigenvalue weighted by molar-refractivity contribution is -0.159. The van der Waals surface area contributed by atoms with Gasteiger partial charge in [-0.05, 0) is 54.2 Å². The molecule has 0 aliphatic heterocycles. The second-order valence-electron chi connectivity index (χ2n) is 13.3. The van der Waals surface area contributed by atoms with Gasteiger partial charge in [0.2, 0.25) is 5.91 Å². The molecule has 50 heavy (non-hydrogen) atoms. The van der Waals surface area contributed by atoms with E-state index >= 15 is 0 Å². The number of esters is 1. The molecule has 5 rings (SSSR count). The Kier molecular flexibility index (Phi) is 11.7. The number of amides is 3. The Labute approximate surface area is 292 Å². The van der Waals surface area contributed by atoms with Crippen LogP contribution in [-0.4, -0.2) is 65.9 Å². The highest BCUT2D eigenvalue weighted by Gasteiger charge is 2.32. The van der Waals surface area contributed by atoms with Crippen molar-refractivity contribution in [1.29, 1.82) is 0 Å². The van der Waals surface area contributed by atoms with Crippen LogP contribution in [-0.2, 0) is 36.7 Å². The van der Waals surface area contributed by atoms with Crippen LogP contribution in [0.15, 0.2) is 109 Å². The molecule has 0 fully saturated rings. The molecular formula is C40H43N3O7. The van der Waals surface area contributed by atoms with E-state index in [2.05, 4.69) is 16.0 Å². The number of rotatable bonds is 13. The van der Waals surface area contributed by atoms with Crippen molar-refractivity contribution in [1.82, 2.24) is 16.0 Å². The predicted molar refractivity (Wildman–Crippen MR) is 189 cm³/mol. The van der Waals surface area contributed by atoms with Gasteiger partial charge >= 0.3 is 12.1 Å². The van der Waals surface area contributed by atoms with Crippen molar-refractivity contribution in [3.8, 4) is 11.1 Å². The SMILES string of the molecule is CC(C)(C)OC(=O)[C@H](Cc1ccccc1)NC(=O)[C@@H](O)CNC(=O)[C@H](Cc1ccccc1)NC(=O)OCC1c2ccccc2-c2ccccc21. The zero-order valence-electron chi connectivity index (χ0n) is 28.4. The van der Waals surface area contributed by atoms with Crippen molar-refractivity contribution in [3.63, 3.8) is 0 Å². The van der Waals surface area contributed by atoms with Gasteiger partial charge < -0.3 is 30.5 Å². The Bertz CT molecular complexity index is 1740. The summed E-state index contributed by atoms with van der Waals surface area (Å²) in [5.41, 5.74) is 5.09. The van der Waals surface area contributed by atoms with Gasteiger partial charge in [0.25, 0.3) is 5.91 Å². The molecule has 3 atom stereocenters. The van der Waals surface area contributed by atoms with E-state index in [4.69, 9.17) is 9.47 Å². The standard InChI is InChI=1S/C40H43N3O7/c1-40(2,3)50-38(47)34(23-27-16-8-5-9-17-27)42-37(46)35(44)24-41-36(45)33(22-26-14-6-4-7-15-26)43-39(48)49-25-32-30-20-12-10-18-28(30)29-19-11-13-21-31(29)32/h4-21,32-35,44H,22-25H2,1-3H3,(H,41,45)(H,42,46)(H,43,48)/t33-,34-,35-/m0/s1. The van der Waals surface area contributed by atoms with E-state index in [1.54, 1.807) is 20.8 Å². The normalized spacial score (nSPS) is 13.9. The third-order valence-corrected chi connectivity index (χ3v) is 8.30. The van der Waals surface area contributed by atoms with Gasteiger partial charge in [0.05, 0.1) is 6.54 Å². The van der Waals surface area contributed by atoms with E-state index in [9.17, 15) is 24.3 Å². The number of aliphatic hydroxyl groups is 1. The summed E-state index contributed by atoms with van der Waals surface area (Å²) in [6.07, 6.45) is -2.19. The smallest absolute Gasteiger partial charge is 0.407 e. The molecule has 0 heterocycles. The second-order valence-corrected chi connectivity index (χ2v) is 13.3. The molecule has 10 heteroatoms. The first kappa shape index (κ1) is 35.8. The third kappa shape index (κ3) is 9.57. The molecule has 10 nitrogen and oxygen atoms in total. The minimum absolute atomic E-state index is 0.0697. The van der Waals surface area contributed by atoms with E-state index in [-0.39, 0.29) is 25.4 Å². The fourth-order valence-electron chi connectivity index (χ4n) is 5.94. The van der Waals surface area contributed by atoms with Crippen LogP contribution in [0, 0.1) is 0 Å². The molecule has 0 bridgehead atoms. The first-order chi connectivity index (χ1) is 24.0. The molecule has 4 N–H and O–H groups in total. The Morgan fingerprint density at radius 3 is 1.72 bits per heavy atom. The van der Waals surface area contributed by atoms with Crippen LogP contribution in [0.3, 0.4) is 0 Å². The van der Waals surface area contributed by atoms with Crippen LogP contribution >= 0.6 is 0 Å². The average molecular weight is 678 g/mol. The molecule has 0 radical (unpaired) electrons. The minimum Gasteiger partial charge on any atom is -0.458 e. The van der Waals surface area contributed by atoms with Crippen molar-refractivity contribution in [3.05, 3.63) is 131 Å². The first-order valence-corrected chi connectivity index (χ1v) is 16.7. The van der Waals surface area contributed by atoms with Crippen molar-refractivity contribution in [2.45, 2.75) is 63.3 Å². The first-order valence-electron chi connectivity index (χ1n) is 16.7. The minimum atomic E-state index is -1.69. The quantitative estimate of drug-likeness (QED) is 0.151. The van der Waals surface area contributed by atoms with Gasteiger partial charge in [0, 0.05) is 18.8 Å². The van der Waals surface area contributed by atoms with Gasteiger partial charge in [-0.15, -0.1) is 0 Å². The second kappa shape index (κ2) is 16.3. The average Bonchev–Trinajstić information content (AvgIpc) is 3.42. The molecule has 3 amide bonds. The summed E-state index contributed by atoms with van der Waals surface area (Å²) >= 11 is 0. The van der Waals surface area contributed by atoms with Crippen molar-refractivity contribution < 1.29 is 33.8 Å². The van der Waals surface area contributed by atoms with Gasteiger partial charge in [-0.25, -0.2) is 9.59 Å². The van der Waals surface area contributed by atoms with Crippen LogP contribution in [0.4, 0.5) is 4.79 Å². The summed E-state index contributed by atoms with van der Waals surface area (Å²) in [5, 5.41) is 18.5.